The van der Waals surface area contributed by atoms with Gasteiger partial charge in [-0.25, -0.2) is 4.98 Å². The Kier molecular flexibility index (Phi) is 4.19. The smallest absolute Gasteiger partial charge is 0.149 e. The summed E-state index contributed by atoms with van der Waals surface area (Å²) < 4.78 is 5.08. The van der Waals surface area contributed by atoms with Crippen LogP contribution in [0.3, 0.4) is 0 Å². The molecule has 78 valence electrons. The summed E-state index contributed by atoms with van der Waals surface area (Å²) in [6.07, 6.45) is 2.70. The summed E-state index contributed by atoms with van der Waals surface area (Å²) in [6, 6.07) is 3.91. The predicted octanol–water partition coefficient (Wildman–Crippen LogP) is 1.50. The predicted molar refractivity (Wildman–Crippen MR) is 58.2 cm³/mol. The van der Waals surface area contributed by atoms with Crippen molar-refractivity contribution in [2.75, 3.05) is 24.8 Å². The highest BCUT2D eigenvalue weighted by Gasteiger charge is 2.07. The molecule has 1 unspecified atom stereocenters. The molecule has 0 radical (unpaired) electrons. The summed E-state index contributed by atoms with van der Waals surface area (Å²) in [7, 11) is 1.69. The zero-order valence-electron chi connectivity index (χ0n) is 8.66. The number of aromatic nitrogens is 1. The van der Waals surface area contributed by atoms with Crippen molar-refractivity contribution in [2.45, 2.75) is 19.4 Å². The first-order valence-electron chi connectivity index (χ1n) is 4.74. The number of anilines is 2. The maximum Gasteiger partial charge on any atom is 0.149 e. The molecule has 1 aromatic rings. The second-order valence-electron chi connectivity index (χ2n) is 3.15. The fourth-order valence-electron chi connectivity index (χ4n) is 1.19. The third-order valence-electron chi connectivity index (χ3n) is 2.04. The van der Waals surface area contributed by atoms with Gasteiger partial charge in [-0.3, -0.25) is 0 Å². The number of ether oxygens (including phenoxy) is 1. The average Bonchev–Trinajstić information content (AvgIpc) is 2.20. The van der Waals surface area contributed by atoms with Crippen LogP contribution in [0.2, 0.25) is 0 Å². The lowest BCUT2D eigenvalue weighted by atomic mass is 10.2. The van der Waals surface area contributed by atoms with E-state index in [1.165, 1.54) is 0 Å². The number of hydrogen-bond acceptors (Lipinski definition) is 4. The molecule has 4 heteroatoms. The second kappa shape index (κ2) is 5.44. The first-order chi connectivity index (χ1) is 6.77. The molecule has 0 bridgehead atoms. The molecular weight excluding hydrogens is 178 g/mol. The van der Waals surface area contributed by atoms with Gasteiger partial charge in [0, 0.05) is 13.3 Å². The summed E-state index contributed by atoms with van der Waals surface area (Å²) in [5.74, 6) is 0.733. The largest absolute Gasteiger partial charge is 0.396 e. The van der Waals surface area contributed by atoms with E-state index in [4.69, 9.17) is 10.5 Å². The van der Waals surface area contributed by atoms with Crippen LogP contribution in [-0.4, -0.2) is 24.7 Å². The third kappa shape index (κ3) is 2.88. The molecule has 1 rings (SSSR count). The summed E-state index contributed by atoms with van der Waals surface area (Å²) in [6.45, 7) is 2.75. The molecule has 0 aliphatic rings. The van der Waals surface area contributed by atoms with Crippen LogP contribution in [0.1, 0.15) is 13.3 Å². The highest BCUT2D eigenvalue weighted by molar-refractivity contribution is 5.60. The lowest BCUT2D eigenvalue weighted by Gasteiger charge is -2.17. The number of nitrogens with one attached hydrogen (secondary N) is 1. The van der Waals surface area contributed by atoms with Gasteiger partial charge in [0.1, 0.15) is 5.82 Å². The van der Waals surface area contributed by atoms with Crippen molar-refractivity contribution >= 4 is 11.5 Å². The fourth-order valence-corrected chi connectivity index (χ4v) is 1.19. The standard InChI is InChI=1S/C10H17N3O/c1-3-8(7-14-2)13-10-9(11)5-4-6-12-10/h4-6,8H,3,7,11H2,1-2H3,(H,12,13). The molecule has 0 saturated carbocycles. The average molecular weight is 195 g/mol. The van der Waals surface area contributed by atoms with Crippen LogP contribution in [0, 0.1) is 0 Å². The molecule has 0 aromatic carbocycles. The SMILES string of the molecule is CCC(COC)Nc1ncccc1N. The number of pyridine rings is 1. The minimum Gasteiger partial charge on any atom is -0.396 e. The van der Waals surface area contributed by atoms with E-state index < -0.39 is 0 Å². The van der Waals surface area contributed by atoms with Gasteiger partial charge in [-0.2, -0.15) is 0 Å². The normalized spacial score (nSPS) is 12.4. The molecule has 0 saturated heterocycles. The molecule has 3 N–H and O–H groups in total. The molecule has 0 aliphatic carbocycles. The van der Waals surface area contributed by atoms with E-state index in [1.54, 1.807) is 13.3 Å². The van der Waals surface area contributed by atoms with Crippen molar-refractivity contribution in [3.63, 3.8) is 0 Å². The van der Waals surface area contributed by atoms with Crippen molar-refractivity contribution < 1.29 is 4.74 Å². The molecular formula is C10H17N3O. The number of nitrogens with two attached hydrogens (primary N) is 1. The molecule has 1 heterocycles. The Labute approximate surface area is 84.5 Å². The zero-order chi connectivity index (χ0) is 10.4. The number of rotatable bonds is 5. The monoisotopic (exact) mass is 195 g/mol. The molecule has 0 aliphatic heterocycles. The first kappa shape index (κ1) is 10.8. The molecule has 1 aromatic heterocycles. The topological polar surface area (TPSA) is 60.2 Å². The van der Waals surface area contributed by atoms with Gasteiger partial charge in [0.15, 0.2) is 0 Å². The minimum absolute atomic E-state index is 0.261. The molecule has 0 fully saturated rings. The van der Waals surface area contributed by atoms with E-state index >= 15 is 0 Å². The Hall–Kier alpha value is -1.29. The van der Waals surface area contributed by atoms with Crippen LogP contribution >= 0.6 is 0 Å². The second-order valence-corrected chi connectivity index (χ2v) is 3.15. The van der Waals surface area contributed by atoms with Gasteiger partial charge in [0.05, 0.1) is 18.3 Å². The van der Waals surface area contributed by atoms with Crippen LogP contribution in [0.4, 0.5) is 11.5 Å². The van der Waals surface area contributed by atoms with Gasteiger partial charge in [-0.15, -0.1) is 0 Å². The Balaban J connectivity index is 2.62. The van der Waals surface area contributed by atoms with Crippen LogP contribution in [0.15, 0.2) is 18.3 Å². The maximum atomic E-state index is 5.75. The third-order valence-corrected chi connectivity index (χ3v) is 2.04. The number of nitrogen functional groups attached to an aromatic ring is 1. The van der Waals surface area contributed by atoms with Crippen molar-refractivity contribution in [1.29, 1.82) is 0 Å². The summed E-state index contributed by atoms with van der Waals surface area (Å²) in [4.78, 5) is 4.16. The highest BCUT2D eigenvalue weighted by atomic mass is 16.5. The van der Waals surface area contributed by atoms with Crippen molar-refractivity contribution in [3.05, 3.63) is 18.3 Å². The highest BCUT2D eigenvalue weighted by Crippen LogP contribution is 2.14. The lowest BCUT2D eigenvalue weighted by Crippen LogP contribution is -2.24. The lowest BCUT2D eigenvalue weighted by molar-refractivity contribution is 0.184. The summed E-state index contributed by atoms with van der Waals surface area (Å²) >= 11 is 0. The van der Waals surface area contributed by atoms with Crippen LogP contribution in [-0.2, 0) is 4.74 Å². The maximum absolute atomic E-state index is 5.75. The zero-order valence-corrected chi connectivity index (χ0v) is 8.66. The molecule has 0 amide bonds. The number of nitrogens with zero attached hydrogens (tertiary/aromatic N) is 1. The van der Waals surface area contributed by atoms with Gasteiger partial charge in [-0.1, -0.05) is 6.92 Å². The van der Waals surface area contributed by atoms with E-state index in [2.05, 4.69) is 17.2 Å². The Bertz CT molecular complexity index is 278. The van der Waals surface area contributed by atoms with E-state index in [0.29, 0.717) is 12.3 Å². The van der Waals surface area contributed by atoms with Gasteiger partial charge < -0.3 is 15.8 Å². The first-order valence-corrected chi connectivity index (χ1v) is 4.74. The number of methoxy groups -OCH3 is 1. The van der Waals surface area contributed by atoms with E-state index in [9.17, 15) is 0 Å². The van der Waals surface area contributed by atoms with Crippen molar-refractivity contribution in [3.8, 4) is 0 Å². The van der Waals surface area contributed by atoms with Gasteiger partial charge in [0.25, 0.3) is 0 Å². The summed E-state index contributed by atoms with van der Waals surface area (Å²) in [5, 5.41) is 3.24. The number of hydrogen-bond donors (Lipinski definition) is 2. The van der Waals surface area contributed by atoms with Crippen LogP contribution < -0.4 is 11.1 Å². The van der Waals surface area contributed by atoms with Crippen molar-refractivity contribution in [2.24, 2.45) is 0 Å². The molecule has 4 nitrogen and oxygen atoms in total. The van der Waals surface area contributed by atoms with E-state index in [1.807, 2.05) is 12.1 Å². The van der Waals surface area contributed by atoms with Crippen LogP contribution in [0.5, 0.6) is 0 Å². The minimum atomic E-state index is 0.261. The fraction of sp³-hybridized carbons (Fsp3) is 0.500. The van der Waals surface area contributed by atoms with E-state index in [-0.39, 0.29) is 6.04 Å². The van der Waals surface area contributed by atoms with E-state index in [0.717, 1.165) is 12.2 Å². The quantitative estimate of drug-likeness (QED) is 0.747. The van der Waals surface area contributed by atoms with Gasteiger partial charge >= 0.3 is 0 Å². The van der Waals surface area contributed by atoms with Crippen molar-refractivity contribution in [1.82, 2.24) is 4.98 Å². The molecule has 14 heavy (non-hydrogen) atoms. The molecule has 1 atom stereocenters. The van der Waals surface area contributed by atoms with Crippen LogP contribution in [0.25, 0.3) is 0 Å². The van der Waals surface area contributed by atoms with Gasteiger partial charge in [0.2, 0.25) is 0 Å². The van der Waals surface area contributed by atoms with Gasteiger partial charge in [-0.05, 0) is 18.6 Å². The summed E-state index contributed by atoms with van der Waals surface area (Å²) in [5.41, 5.74) is 6.42. The Morgan fingerprint density at radius 2 is 2.43 bits per heavy atom. The molecule has 0 spiro atoms. The Morgan fingerprint density at radius 3 is 3.00 bits per heavy atom. The Morgan fingerprint density at radius 1 is 1.64 bits per heavy atom.